The molecule has 0 saturated heterocycles. The second-order valence-corrected chi connectivity index (χ2v) is 6.53. The van der Waals surface area contributed by atoms with Crippen molar-refractivity contribution in [1.29, 1.82) is 0 Å². The molecule has 1 N–H and O–H groups in total. The van der Waals surface area contributed by atoms with Gasteiger partial charge in [-0.25, -0.2) is 0 Å². The summed E-state index contributed by atoms with van der Waals surface area (Å²) in [5.74, 6) is 0. The molecule has 0 atom stereocenters. The number of nitrogens with one attached hydrogen (secondary N) is 1. The lowest BCUT2D eigenvalue weighted by Crippen LogP contribution is -2.25. The molecule has 0 saturated carbocycles. The van der Waals surface area contributed by atoms with E-state index >= 15 is 0 Å². The van der Waals surface area contributed by atoms with E-state index in [-0.39, 0.29) is 5.54 Å². The number of hydrogen-bond donors (Lipinski definition) is 1. The van der Waals surface area contributed by atoms with Gasteiger partial charge in [-0.05, 0) is 69.3 Å². The standard InChI is InChI=1S/C18H24N4/c1-18(2,3)19-14-6-8-15(9-7-14)20-21-16-10-12-17(13-11-16)22(4)5/h6-13,19H,1-5H3/b21-20+. The monoisotopic (exact) mass is 296 g/mol. The highest BCUT2D eigenvalue weighted by atomic mass is 15.1. The number of nitrogens with zero attached hydrogens (tertiary/aromatic N) is 3. The number of azo groups is 1. The van der Waals surface area contributed by atoms with Crippen molar-refractivity contribution in [1.82, 2.24) is 0 Å². The molecule has 0 aromatic heterocycles. The molecule has 0 radical (unpaired) electrons. The molecule has 4 nitrogen and oxygen atoms in total. The molecular formula is C18H24N4. The predicted octanol–water partition coefficient (Wildman–Crippen LogP) is 5.38. The smallest absolute Gasteiger partial charge is 0.0858 e. The molecule has 0 aliphatic carbocycles. The van der Waals surface area contributed by atoms with Crippen LogP contribution in [-0.4, -0.2) is 19.6 Å². The normalized spacial score (nSPS) is 11.7. The third-order valence-electron chi connectivity index (χ3n) is 3.03. The maximum atomic E-state index is 4.27. The minimum absolute atomic E-state index is 0.0528. The Balaban J connectivity index is 2.03. The Hall–Kier alpha value is -2.36. The first-order valence-corrected chi connectivity index (χ1v) is 7.41. The topological polar surface area (TPSA) is 40.0 Å². The van der Waals surface area contributed by atoms with Crippen LogP contribution < -0.4 is 10.2 Å². The SMILES string of the molecule is CN(C)c1ccc(/N=N/c2ccc(NC(C)(C)C)cc2)cc1. The second kappa shape index (κ2) is 6.60. The molecule has 116 valence electrons. The third-order valence-corrected chi connectivity index (χ3v) is 3.03. The molecule has 0 aliphatic heterocycles. The van der Waals surface area contributed by atoms with E-state index in [1.807, 2.05) is 62.6 Å². The van der Waals surface area contributed by atoms with Gasteiger partial charge in [0.1, 0.15) is 0 Å². The zero-order valence-electron chi connectivity index (χ0n) is 14.0. The molecular weight excluding hydrogens is 272 g/mol. The Morgan fingerprint density at radius 1 is 0.773 bits per heavy atom. The fraction of sp³-hybridized carbons (Fsp3) is 0.333. The fourth-order valence-electron chi connectivity index (χ4n) is 1.98. The molecule has 0 aliphatic rings. The van der Waals surface area contributed by atoms with Crippen molar-refractivity contribution in [3.05, 3.63) is 48.5 Å². The summed E-state index contributed by atoms with van der Waals surface area (Å²) in [6.45, 7) is 6.41. The summed E-state index contributed by atoms with van der Waals surface area (Å²) in [7, 11) is 4.04. The van der Waals surface area contributed by atoms with Crippen molar-refractivity contribution < 1.29 is 0 Å². The highest BCUT2D eigenvalue weighted by Gasteiger charge is 2.08. The maximum absolute atomic E-state index is 4.27. The van der Waals surface area contributed by atoms with Gasteiger partial charge in [0.25, 0.3) is 0 Å². The molecule has 2 rings (SSSR count). The molecule has 0 amide bonds. The van der Waals surface area contributed by atoms with Crippen LogP contribution in [0.15, 0.2) is 58.8 Å². The fourth-order valence-corrected chi connectivity index (χ4v) is 1.98. The summed E-state index contributed by atoms with van der Waals surface area (Å²) in [5, 5.41) is 12.0. The molecule has 0 spiro atoms. The van der Waals surface area contributed by atoms with Gasteiger partial charge in [-0.1, -0.05) is 0 Å². The first kappa shape index (κ1) is 16.0. The quantitative estimate of drug-likeness (QED) is 0.769. The number of anilines is 2. The van der Waals surface area contributed by atoms with Crippen molar-refractivity contribution >= 4 is 22.7 Å². The Bertz CT molecular complexity index is 620. The van der Waals surface area contributed by atoms with Crippen LogP contribution in [0.2, 0.25) is 0 Å². The van der Waals surface area contributed by atoms with Gasteiger partial charge < -0.3 is 10.2 Å². The highest BCUT2D eigenvalue weighted by Crippen LogP contribution is 2.23. The van der Waals surface area contributed by atoms with Crippen LogP contribution in [0.3, 0.4) is 0 Å². The third kappa shape index (κ3) is 4.88. The van der Waals surface area contributed by atoms with Crippen LogP contribution in [0, 0.1) is 0 Å². The number of rotatable bonds is 4. The van der Waals surface area contributed by atoms with Crippen LogP contribution in [0.25, 0.3) is 0 Å². The summed E-state index contributed by atoms with van der Waals surface area (Å²) in [6, 6.07) is 16.0. The molecule has 0 fully saturated rings. The molecule has 2 aromatic carbocycles. The highest BCUT2D eigenvalue weighted by molar-refractivity contribution is 5.53. The van der Waals surface area contributed by atoms with E-state index in [2.05, 4.69) is 41.2 Å². The summed E-state index contributed by atoms with van der Waals surface area (Å²) in [4.78, 5) is 2.06. The average molecular weight is 296 g/mol. The van der Waals surface area contributed by atoms with E-state index in [4.69, 9.17) is 0 Å². The van der Waals surface area contributed by atoms with E-state index in [0.717, 1.165) is 22.7 Å². The first-order valence-electron chi connectivity index (χ1n) is 7.41. The van der Waals surface area contributed by atoms with Crippen molar-refractivity contribution in [2.24, 2.45) is 10.2 Å². The van der Waals surface area contributed by atoms with E-state index in [0.29, 0.717) is 0 Å². The zero-order valence-corrected chi connectivity index (χ0v) is 14.0. The van der Waals surface area contributed by atoms with E-state index in [1.54, 1.807) is 0 Å². The predicted molar refractivity (Wildman–Crippen MR) is 94.8 cm³/mol. The lowest BCUT2D eigenvalue weighted by atomic mass is 10.1. The van der Waals surface area contributed by atoms with E-state index in [9.17, 15) is 0 Å². The van der Waals surface area contributed by atoms with Crippen LogP contribution in [0.4, 0.5) is 22.7 Å². The van der Waals surface area contributed by atoms with Gasteiger partial charge >= 0.3 is 0 Å². The molecule has 0 unspecified atom stereocenters. The Morgan fingerprint density at radius 3 is 1.64 bits per heavy atom. The lowest BCUT2D eigenvalue weighted by molar-refractivity contribution is 0.634. The van der Waals surface area contributed by atoms with Gasteiger partial charge in [-0.3, -0.25) is 0 Å². The summed E-state index contributed by atoms with van der Waals surface area (Å²) >= 11 is 0. The van der Waals surface area contributed by atoms with Crippen molar-refractivity contribution in [2.45, 2.75) is 26.3 Å². The zero-order chi connectivity index (χ0) is 16.2. The summed E-state index contributed by atoms with van der Waals surface area (Å²) < 4.78 is 0. The van der Waals surface area contributed by atoms with Gasteiger partial charge in [-0.2, -0.15) is 10.2 Å². The molecule has 0 heterocycles. The number of benzene rings is 2. The molecule has 4 heteroatoms. The number of hydrogen-bond acceptors (Lipinski definition) is 4. The molecule has 2 aromatic rings. The van der Waals surface area contributed by atoms with Gasteiger partial charge in [0.05, 0.1) is 11.4 Å². The Labute approximate surface area is 132 Å². The minimum Gasteiger partial charge on any atom is -0.380 e. The molecule has 0 bridgehead atoms. The van der Waals surface area contributed by atoms with Gasteiger partial charge in [0.15, 0.2) is 0 Å². The Morgan fingerprint density at radius 2 is 1.23 bits per heavy atom. The van der Waals surface area contributed by atoms with Crippen LogP contribution in [0.1, 0.15) is 20.8 Å². The molecule has 22 heavy (non-hydrogen) atoms. The summed E-state index contributed by atoms with van der Waals surface area (Å²) in [5.41, 5.74) is 3.98. The van der Waals surface area contributed by atoms with Crippen molar-refractivity contribution in [3.63, 3.8) is 0 Å². The lowest BCUT2D eigenvalue weighted by Gasteiger charge is -2.21. The van der Waals surface area contributed by atoms with Gasteiger partial charge in [0.2, 0.25) is 0 Å². The van der Waals surface area contributed by atoms with E-state index < -0.39 is 0 Å². The largest absolute Gasteiger partial charge is 0.380 e. The van der Waals surface area contributed by atoms with Crippen LogP contribution in [-0.2, 0) is 0 Å². The van der Waals surface area contributed by atoms with E-state index in [1.165, 1.54) is 0 Å². The summed E-state index contributed by atoms with van der Waals surface area (Å²) in [6.07, 6.45) is 0. The van der Waals surface area contributed by atoms with Crippen LogP contribution >= 0.6 is 0 Å². The first-order chi connectivity index (χ1) is 10.3. The Kier molecular flexibility index (Phi) is 4.81. The van der Waals surface area contributed by atoms with Crippen molar-refractivity contribution in [2.75, 3.05) is 24.3 Å². The van der Waals surface area contributed by atoms with Crippen molar-refractivity contribution in [3.8, 4) is 0 Å². The maximum Gasteiger partial charge on any atom is 0.0858 e. The van der Waals surface area contributed by atoms with Gasteiger partial charge in [0, 0.05) is 31.0 Å². The van der Waals surface area contributed by atoms with Gasteiger partial charge in [-0.15, -0.1) is 0 Å². The second-order valence-electron chi connectivity index (χ2n) is 6.53. The minimum atomic E-state index is 0.0528. The average Bonchev–Trinajstić information content (AvgIpc) is 2.45. The van der Waals surface area contributed by atoms with Crippen LogP contribution in [0.5, 0.6) is 0 Å².